The average Bonchev–Trinajstić information content (AvgIpc) is 2.84. The fourth-order valence-corrected chi connectivity index (χ4v) is 1.91. The quantitative estimate of drug-likeness (QED) is 0.796. The summed E-state index contributed by atoms with van der Waals surface area (Å²) in [6.45, 7) is 6.50. The van der Waals surface area contributed by atoms with Gasteiger partial charge < -0.3 is 25.2 Å². The molecule has 116 valence electrons. The number of ether oxygens (including phenoxy) is 2. The third-order valence-corrected chi connectivity index (χ3v) is 3.33. The monoisotopic (exact) mass is 294 g/mol. The number of carbonyl (C=O) groups excluding carboxylic acids is 1. The molecule has 1 atom stereocenters. The summed E-state index contributed by atoms with van der Waals surface area (Å²) in [5.74, 6) is 1.30. The number of hydrogen-bond acceptors (Lipinski definition) is 4. The van der Waals surface area contributed by atoms with Crippen molar-refractivity contribution in [3.63, 3.8) is 0 Å². The summed E-state index contributed by atoms with van der Waals surface area (Å²) in [7, 11) is 0. The molecule has 6 nitrogen and oxygen atoms in total. The smallest absolute Gasteiger partial charge is 0.319 e. The topological polar surface area (TPSA) is 79.8 Å². The van der Waals surface area contributed by atoms with Gasteiger partial charge in [0.2, 0.25) is 6.79 Å². The van der Waals surface area contributed by atoms with Gasteiger partial charge in [-0.05, 0) is 24.0 Å². The van der Waals surface area contributed by atoms with Gasteiger partial charge in [-0.15, -0.1) is 0 Å². The van der Waals surface area contributed by atoms with Crippen molar-refractivity contribution in [1.29, 1.82) is 0 Å². The van der Waals surface area contributed by atoms with Crippen molar-refractivity contribution in [3.05, 3.63) is 18.2 Å². The average molecular weight is 294 g/mol. The highest BCUT2D eigenvalue weighted by Crippen LogP contribution is 2.34. The number of carbonyl (C=O) groups is 1. The van der Waals surface area contributed by atoms with E-state index in [-0.39, 0.29) is 18.2 Å². The van der Waals surface area contributed by atoms with Gasteiger partial charge in [0.15, 0.2) is 11.5 Å². The Hall–Kier alpha value is -1.95. The van der Waals surface area contributed by atoms with Crippen LogP contribution in [0, 0.1) is 5.41 Å². The standard InChI is InChI=1S/C15H22N2O4/c1-15(2,3)13(18)6-7-16-14(19)17-10-4-5-11-12(8-10)21-9-20-11/h4-5,8,13,18H,6-7,9H2,1-3H3,(H2,16,17,19)/t13-/m1/s1. The molecular formula is C15H22N2O4. The molecule has 0 saturated carbocycles. The minimum absolute atomic E-state index is 0.185. The van der Waals surface area contributed by atoms with Gasteiger partial charge in [0.1, 0.15) is 0 Å². The van der Waals surface area contributed by atoms with Crippen LogP contribution >= 0.6 is 0 Å². The van der Waals surface area contributed by atoms with Gasteiger partial charge in [-0.2, -0.15) is 0 Å². The lowest BCUT2D eigenvalue weighted by Gasteiger charge is -2.25. The maximum atomic E-state index is 11.8. The zero-order valence-electron chi connectivity index (χ0n) is 12.6. The molecule has 1 aliphatic heterocycles. The first-order valence-corrected chi connectivity index (χ1v) is 6.99. The molecule has 1 aromatic rings. The van der Waals surface area contributed by atoms with E-state index in [0.29, 0.717) is 30.2 Å². The number of fused-ring (bicyclic) bond motifs is 1. The van der Waals surface area contributed by atoms with Crippen molar-refractivity contribution >= 4 is 11.7 Å². The lowest BCUT2D eigenvalue weighted by atomic mass is 9.87. The van der Waals surface area contributed by atoms with Crippen LogP contribution in [0.25, 0.3) is 0 Å². The number of benzene rings is 1. The fraction of sp³-hybridized carbons (Fsp3) is 0.533. The van der Waals surface area contributed by atoms with Gasteiger partial charge in [0, 0.05) is 18.3 Å². The first-order chi connectivity index (χ1) is 9.86. The Balaban J connectivity index is 1.77. The van der Waals surface area contributed by atoms with E-state index in [4.69, 9.17) is 9.47 Å². The third-order valence-electron chi connectivity index (χ3n) is 3.33. The maximum Gasteiger partial charge on any atom is 0.319 e. The van der Waals surface area contributed by atoms with E-state index in [0.717, 1.165) is 0 Å². The van der Waals surface area contributed by atoms with E-state index in [1.165, 1.54) is 0 Å². The van der Waals surface area contributed by atoms with Crippen LogP contribution in [0.3, 0.4) is 0 Å². The van der Waals surface area contributed by atoms with Crippen LogP contribution in [-0.2, 0) is 0 Å². The van der Waals surface area contributed by atoms with E-state index in [1.807, 2.05) is 20.8 Å². The molecule has 0 fully saturated rings. The van der Waals surface area contributed by atoms with Crippen LogP contribution in [0.1, 0.15) is 27.2 Å². The molecule has 0 aromatic heterocycles. The first-order valence-electron chi connectivity index (χ1n) is 6.99. The Bertz CT molecular complexity index is 511. The van der Waals surface area contributed by atoms with Gasteiger partial charge in [0.25, 0.3) is 0 Å². The number of rotatable bonds is 4. The minimum atomic E-state index is -0.455. The molecule has 2 rings (SSSR count). The maximum absolute atomic E-state index is 11.8. The lowest BCUT2D eigenvalue weighted by Crippen LogP contribution is -2.34. The van der Waals surface area contributed by atoms with Gasteiger partial charge in [-0.1, -0.05) is 20.8 Å². The number of aliphatic hydroxyl groups is 1. The number of hydrogen-bond donors (Lipinski definition) is 3. The van der Waals surface area contributed by atoms with Crippen molar-refractivity contribution < 1.29 is 19.4 Å². The van der Waals surface area contributed by atoms with E-state index in [1.54, 1.807) is 18.2 Å². The highest BCUT2D eigenvalue weighted by molar-refractivity contribution is 5.89. The van der Waals surface area contributed by atoms with Gasteiger partial charge in [0.05, 0.1) is 6.10 Å². The SMILES string of the molecule is CC(C)(C)[C@H](O)CCNC(=O)Nc1ccc2c(c1)OCO2. The summed E-state index contributed by atoms with van der Waals surface area (Å²) < 4.78 is 10.4. The Morgan fingerprint density at radius 3 is 2.76 bits per heavy atom. The van der Waals surface area contributed by atoms with E-state index in [2.05, 4.69) is 10.6 Å². The predicted octanol–water partition coefficient (Wildman–Crippen LogP) is 2.33. The largest absolute Gasteiger partial charge is 0.454 e. The Morgan fingerprint density at radius 2 is 2.05 bits per heavy atom. The summed E-state index contributed by atoms with van der Waals surface area (Å²) in [4.78, 5) is 11.8. The lowest BCUT2D eigenvalue weighted by molar-refractivity contribution is 0.0565. The minimum Gasteiger partial charge on any atom is -0.454 e. The van der Waals surface area contributed by atoms with Crippen molar-refractivity contribution in [2.75, 3.05) is 18.7 Å². The summed E-state index contributed by atoms with van der Waals surface area (Å²) in [6, 6.07) is 4.90. The van der Waals surface area contributed by atoms with E-state index >= 15 is 0 Å². The molecule has 0 aliphatic carbocycles. The van der Waals surface area contributed by atoms with Crippen LogP contribution in [0.4, 0.5) is 10.5 Å². The second kappa shape index (κ2) is 6.22. The molecule has 2 amide bonds. The second-order valence-electron chi connectivity index (χ2n) is 6.12. The molecule has 0 spiro atoms. The normalized spacial score (nSPS) is 14.7. The molecular weight excluding hydrogens is 272 g/mol. The van der Waals surface area contributed by atoms with Crippen molar-refractivity contribution in [3.8, 4) is 11.5 Å². The van der Waals surface area contributed by atoms with Gasteiger partial charge in [-0.25, -0.2) is 4.79 Å². The molecule has 0 radical (unpaired) electrons. The van der Waals surface area contributed by atoms with E-state index in [9.17, 15) is 9.90 Å². The van der Waals surface area contributed by atoms with Crippen LogP contribution < -0.4 is 20.1 Å². The van der Waals surface area contributed by atoms with Crippen LogP contribution in [0.15, 0.2) is 18.2 Å². The Morgan fingerprint density at radius 1 is 1.33 bits per heavy atom. The van der Waals surface area contributed by atoms with Gasteiger partial charge in [-0.3, -0.25) is 0 Å². The zero-order chi connectivity index (χ0) is 15.5. The van der Waals surface area contributed by atoms with Crippen LogP contribution in [-0.4, -0.2) is 30.6 Å². The third kappa shape index (κ3) is 4.26. The number of anilines is 1. The molecule has 3 N–H and O–H groups in total. The summed E-state index contributed by atoms with van der Waals surface area (Å²) >= 11 is 0. The summed E-state index contributed by atoms with van der Waals surface area (Å²) in [6.07, 6.45) is 0.0567. The molecule has 6 heteroatoms. The molecule has 1 heterocycles. The van der Waals surface area contributed by atoms with Crippen LogP contribution in [0.5, 0.6) is 11.5 Å². The zero-order valence-corrected chi connectivity index (χ0v) is 12.6. The predicted molar refractivity (Wildman–Crippen MR) is 79.7 cm³/mol. The van der Waals surface area contributed by atoms with Gasteiger partial charge >= 0.3 is 6.03 Å². The Labute approximate surface area is 124 Å². The number of aliphatic hydroxyl groups excluding tert-OH is 1. The fourth-order valence-electron chi connectivity index (χ4n) is 1.91. The van der Waals surface area contributed by atoms with Crippen molar-refractivity contribution in [2.45, 2.75) is 33.3 Å². The molecule has 1 aliphatic rings. The van der Waals surface area contributed by atoms with E-state index < -0.39 is 6.10 Å². The molecule has 21 heavy (non-hydrogen) atoms. The highest BCUT2D eigenvalue weighted by Gasteiger charge is 2.21. The number of amides is 2. The summed E-state index contributed by atoms with van der Waals surface area (Å²) in [5.41, 5.74) is 0.447. The second-order valence-corrected chi connectivity index (χ2v) is 6.12. The van der Waals surface area contributed by atoms with Crippen LogP contribution in [0.2, 0.25) is 0 Å². The van der Waals surface area contributed by atoms with Crippen molar-refractivity contribution in [1.82, 2.24) is 5.32 Å². The summed E-state index contributed by atoms with van der Waals surface area (Å²) in [5, 5.41) is 15.3. The molecule has 1 aromatic carbocycles. The Kier molecular flexibility index (Phi) is 4.57. The number of urea groups is 1. The first kappa shape index (κ1) is 15.4. The number of nitrogens with one attached hydrogen (secondary N) is 2. The molecule has 0 unspecified atom stereocenters. The molecule has 0 saturated heterocycles. The highest BCUT2D eigenvalue weighted by atomic mass is 16.7. The molecule has 0 bridgehead atoms. The van der Waals surface area contributed by atoms with Crippen molar-refractivity contribution in [2.24, 2.45) is 5.41 Å².